The molecule has 1 aliphatic rings. The van der Waals surface area contributed by atoms with Crippen LogP contribution >= 0.6 is 0 Å². The number of rotatable bonds is 4. The number of nitrogens with two attached hydrogens (primary N) is 1. The third kappa shape index (κ3) is 3.69. The van der Waals surface area contributed by atoms with E-state index in [0.717, 1.165) is 30.6 Å². The average molecular weight is 328 g/mol. The van der Waals surface area contributed by atoms with Crippen LogP contribution in [0.25, 0.3) is 0 Å². The Morgan fingerprint density at radius 3 is 2.79 bits per heavy atom. The number of carbonyl (C=O) groups is 1. The number of hydrogen-bond donors (Lipinski definition) is 1. The molecule has 1 saturated heterocycles. The summed E-state index contributed by atoms with van der Waals surface area (Å²) in [6.45, 7) is 2.53. The molecule has 6 heteroatoms. The van der Waals surface area contributed by atoms with Gasteiger partial charge in [0.2, 0.25) is 5.91 Å². The largest absolute Gasteiger partial charge is 0.384 e. The lowest BCUT2D eigenvalue weighted by atomic mass is 10.1. The SMILES string of the molecule is Cc1nc(N)cc(C2CCCN2C(=O)CCc2ccc(F)cc2)n1. The molecule has 1 aliphatic heterocycles. The van der Waals surface area contributed by atoms with Crippen molar-refractivity contribution in [2.75, 3.05) is 12.3 Å². The van der Waals surface area contributed by atoms with E-state index in [1.165, 1.54) is 12.1 Å². The molecule has 1 fully saturated rings. The molecule has 1 unspecified atom stereocenters. The Labute approximate surface area is 140 Å². The van der Waals surface area contributed by atoms with Gasteiger partial charge in [-0.15, -0.1) is 0 Å². The summed E-state index contributed by atoms with van der Waals surface area (Å²) in [5.41, 5.74) is 7.58. The van der Waals surface area contributed by atoms with E-state index in [4.69, 9.17) is 5.73 Å². The molecule has 0 spiro atoms. The van der Waals surface area contributed by atoms with Crippen molar-refractivity contribution in [3.63, 3.8) is 0 Å². The van der Waals surface area contributed by atoms with E-state index in [1.807, 2.05) is 4.90 Å². The number of amides is 1. The molecule has 24 heavy (non-hydrogen) atoms. The summed E-state index contributed by atoms with van der Waals surface area (Å²) in [6, 6.07) is 8.01. The number of benzene rings is 1. The molecule has 0 saturated carbocycles. The number of aromatic nitrogens is 2. The standard InChI is InChI=1S/C18H21FN4O/c1-12-21-15(11-17(20)22-12)16-3-2-10-23(16)18(24)9-6-13-4-7-14(19)8-5-13/h4-5,7-8,11,16H,2-3,6,9-10H2,1H3,(H2,20,21,22). The van der Waals surface area contributed by atoms with Crippen molar-refractivity contribution in [1.82, 2.24) is 14.9 Å². The van der Waals surface area contributed by atoms with Gasteiger partial charge >= 0.3 is 0 Å². The van der Waals surface area contributed by atoms with E-state index in [0.29, 0.717) is 24.5 Å². The van der Waals surface area contributed by atoms with Crippen LogP contribution in [0, 0.1) is 12.7 Å². The average Bonchev–Trinajstić information content (AvgIpc) is 3.03. The van der Waals surface area contributed by atoms with Crippen molar-refractivity contribution in [3.05, 3.63) is 53.2 Å². The van der Waals surface area contributed by atoms with Gasteiger partial charge in [-0.1, -0.05) is 12.1 Å². The predicted molar refractivity (Wildman–Crippen MR) is 89.6 cm³/mol. The highest BCUT2D eigenvalue weighted by molar-refractivity contribution is 5.77. The minimum atomic E-state index is -0.263. The highest BCUT2D eigenvalue weighted by Crippen LogP contribution is 2.32. The molecule has 1 atom stereocenters. The zero-order valence-corrected chi connectivity index (χ0v) is 13.7. The first-order valence-corrected chi connectivity index (χ1v) is 8.18. The van der Waals surface area contributed by atoms with Gasteiger partial charge in [-0.2, -0.15) is 0 Å². The number of anilines is 1. The lowest BCUT2D eigenvalue weighted by Gasteiger charge is -2.24. The van der Waals surface area contributed by atoms with Crippen molar-refractivity contribution in [3.8, 4) is 0 Å². The van der Waals surface area contributed by atoms with Crippen LogP contribution in [0.15, 0.2) is 30.3 Å². The maximum Gasteiger partial charge on any atom is 0.223 e. The second-order valence-electron chi connectivity index (χ2n) is 6.14. The first-order valence-electron chi connectivity index (χ1n) is 8.18. The third-order valence-electron chi connectivity index (χ3n) is 4.33. The second kappa shape index (κ2) is 6.95. The maximum absolute atomic E-state index is 12.9. The first kappa shape index (κ1) is 16.4. The van der Waals surface area contributed by atoms with Crippen LogP contribution in [-0.4, -0.2) is 27.3 Å². The van der Waals surface area contributed by atoms with Crippen LogP contribution in [0.2, 0.25) is 0 Å². The summed E-state index contributed by atoms with van der Waals surface area (Å²) in [6.07, 6.45) is 2.85. The lowest BCUT2D eigenvalue weighted by molar-refractivity contribution is -0.132. The smallest absolute Gasteiger partial charge is 0.223 e. The Morgan fingerprint density at radius 1 is 1.33 bits per heavy atom. The van der Waals surface area contributed by atoms with E-state index in [-0.39, 0.29) is 17.8 Å². The number of likely N-dealkylation sites (tertiary alicyclic amines) is 1. The molecule has 1 aromatic heterocycles. The summed E-state index contributed by atoms with van der Waals surface area (Å²) < 4.78 is 12.9. The van der Waals surface area contributed by atoms with Crippen molar-refractivity contribution >= 4 is 11.7 Å². The molecule has 126 valence electrons. The Bertz CT molecular complexity index is 712. The van der Waals surface area contributed by atoms with Crippen molar-refractivity contribution < 1.29 is 9.18 Å². The van der Waals surface area contributed by atoms with Gasteiger partial charge in [0.15, 0.2) is 0 Å². The number of nitrogen functional groups attached to an aromatic ring is 1. The number of halogens is 1. The van der Waals surface area contributed by atoms with Crippen LogP contribution in [0.1, 0.15) is 42.4 Å². The quantitative estimate of drug-likeness (QED) is 0.937. The molecular formula is C18H21FN4O. The molecule has 0 bridgehead atoms. The number of hydrogen-bond acceptors (Lipinski definition) is 4. The Balaban J connectivity index is 1.68. The number of carbonyl (C=O) groups excluding carboxylic acids is 1. The van der Waals surface area contributed by atoms with Crippen LogP contribution in [0.3, 0.4) is 0 Å². The highest BCUT2D eigenvalue weighted by Gasteiger charge is 2.30. The summed E-state index contributed by atoms with van der Waals surface area (Å²) in [5, 5.41) is 0. The fraction of sp³-hybridized carbons (Fsp3) is 0.389. The number of nitrogens with zero attached hydrogens (tertiary/aromatic N) is 3. The molecule has 2 N–H and O–H groups in total. The van der Waals surface area contributed by atoms with E-state index in [9.17, 15) is 9.18 Å². The molecule has 3 rings (SSSR count). The van der Waals surface area contributed by atoms with Gasteiger partial charge < -0.3 is 10.6 Å². The van der Waals surface area contributed by atoms with Crippen molar-refractivity contribution in [1.29, 1.82) is 0 Å². The van der Waals surface area contributed by atoms with Gasteiger partial charge in [-0.05, 0) is 43.9 Å². The molecule has 0 aliphatic carbocycles. The van der Waals surface area contributed by atoms with E-state index in [1.54, 1.807) is 25.1 Å². The minimum Gasteiger partial charge on any atom is -0.384 e. The van der Waals surface area contributed by atoms with Gasteiger partial charge in [-0.25, -0.2) is 14.4 Å². The summed E-state index contributed by atoms with van der Waals surface area (Å²) in [7, 11) is 0. The Hall–Kier alpha value is -2.50. The Kier molecular flexibility index (Phi) is 4.74. The topological polar surface area (TPSA) is 72.1 Å². The monoisotopic (exact) mass is 328 g/mol. The van der Waals surface area contributed by atoms with Crippen LogP contribution in [0.5, 0.6) is 0 Å². The van der Waals surface area contributed by atoms with Crippen LogP contribution in [0.4, 0.5) is 10.2 Å². The summed E-state index contributed by atoms with van der Waals surface area (Å²) in [4.78, 5) is 23.0. The van der Waals surface area contributed by atoms with Crippen LogP contribution in [-0.2, 0) is 11.2 Å². The van der Waals surface area contributed by atoms with Gasteiger partial charge in [0, 0.05) is 19.0 Å². The molecule has 1 amide bonds. The maximum atomic E-state index is 12.9. The molecular weight excluding hydrogens is 307 g/mol. The summed E-state index contributed by atoms with van der Waals surface area (Å²) >= 11 is 0. The number of aryl methyl sites for hydroxylation is 2. The normalized spacial score (nSPS) is 17.2. The van der Waals surface area contributed by atoms with Gasteiger partial charge in [0.1, 0.15) is 17.5 Å². The lowest BCUT2D eigenvalue weighted by Crippen LogP contribution is -2.31. The van der Waals surface area contributed by atoms with Crippen molar-refractivity contribution in [2.24, 2.45) is 0 Å². The fourth-order valence-corrected chi connectivity index (χ4v) is 3.20. The van der Waals surface area contributed by atoms with Gasteiger partial charge in [0.05, 0.1) is 11.7 Å². The Morgan fingerprint density at radius 2 is 2.08 bits per heavy atom. The van der Waals surface area contributed by atoms with E-state index >= 15 is 0 Å². The van der Waals surface area contributed by atoms with Gasteiger partial charge in [-0.3, -0.25) is 4.79 Å². The van der Waals surface area contributed by atoms with E-state index in [2.05, 4.69) is 9.97 Å². The van der Waals surface area contributed by atoms with Crippen LogP contribution < -0.4 is 5.73 Å². The van der Waals surface area contributed by atoms with Crippen molar-refractivity contribution in [2.45, 2.75) is 38.6 Å². The molecule has 0 radical (unpaired) electrons. The zero-order chi connectivity index (χ0) is 17.1. The predicted octanol–water partition coefficient (Wildman–Crippen LogP) is 2.80. The van der Waals surface area contributed by atoms with E-state index < -0.39 is 0 Å². The second-order valence-corrected chi connectivity index (χ2v) is 6.14. The minimum absolute atomic E-state index is 0.0327. The van der Waals surface area contributed by atoms with Gasteiger partial charge in [0.25, 0.3) is 0 Å². The summed E-state index contributed by atoms with van der Waals surface area (Å²) in [5.74, 6) is 0.886. The fourth-order valence-electron chi connectivity index (χ4n) is 3.20. The molecule has 5 nitrogen and oxygen atoms in total. The molecule has 2 heterocycles. The third-order valence-corrected chi connectivity index (χ3v) is 4.33. The first-order chi connectivity index (χ1) is 11.5. The highest BCUT2D eigenvalue weighted by atomic mass is 19.1. The molecule has 1 aromatic carbocycles. The zero-order valence-electron chi connectivity index (χ0n) is 13.7. The molecule has 2 aromatic rings.